The van der Waals surface area contributed by atoms with Crippen LogP contribution in [0.1, 0.15) is 15.4 Å². The fourth-order valence-corrected chi connectivity index (χ4v) is 4.09. The number of benzene rings is 2. The van der Waals surface area contributed by atoms with Crippen molar-refractivity contribution in [2.45, 2.75) is 6.92 Å². The van der Waals surface area contributed by atoms with Gasteiger partial charge in [0, 0.05) is 17.5 Å². The fourth-order valence-electron chi connectivity index (χ4n) is 3.09. The van der Waals surface area contributed by atoms with Gasteiger partial charge >= 0.3 is 0 Å². The third-order valence-corrected chi connectivity index (χ3v) is 5.61. The van der Waals surface area contributed by atoms with Crippen LogP contribution in [0.2, 0.25) is 0 Å². The number of nitrogens with zero attached hydrogens (tertiary/aromatic N) is 3. The van der Waals surface area contributed by atoms with Gasteiger partial charge in [-0.3, -0.25) is 14.5 Å². The second kappa shape index (κ2) is 6.07. The predicted octanol–water partition coefficient (Wildman–Crippen LogP) is 4.50. The molecule has 0 aliphatic carbocycles. The number of hydrogen-bond donors (Lipinski definition) is 2. The average molecular weight is 373 g/mol. The van der Waals surface area contributed by atoms with Gasteiger partial charge in [-0.1, -0.05) is 53.8 Å². The second-order valence-corrected chi connectivity index (χ2v) is 7.20. The molecular formula is C20H15N5OS. The zero-order valence-electron chi connectivity index (χ0n) is 14.4. The minimum atomic E-state index is -0.191. The topological polar surface area (TPSA) is 75.1 Å². The highest BCUT2D eigenvalue weighted by Gasteiger charge is 2.19. The molecule has 5 rings (SSSR count). The fraction of sp³-hybridized carbons (Fsp3) is 0.0500. The van der Waals surface area contributed by atoms with Crippen LogP contribution >= 0.6 is 11.3 Å². The van der Waals surface area contributed by atoms with Crippen LogP contribution in [0.4, 0.5) is 5.95 Å². The van der Waals surface area contributed by atoms with Crippen LogP contribution in [0.3, 0.4) is 0 Å². The van der Waals surface area contributed by atoms with E-state index in [2.05, 4.69) is 20.3 Å². The van der Waals surface area contributed by atoms with Gasteiger partial charge in [0.2, 0.25) is 5.95 Å². The number of H-pyrrole nitrogens is 1. The normalized spacial score (nSPS) is 11.3. The Kier molecular flexibility index (Phi) is 3.54. The first-order valence-electron chi connectivity index (χ1n) is 8.49. The van der Waals surface area contributed by atoms with Gasteiger partial charge in [-0.15, -0.1) is 0 Å². The standard InChI is InChI=1S/C20H15N5OS/c1-12-17(18(26)24-19-21-14-9-5-6-10-15(14)22-19)27-20-23-16(11-25(12)20)13-7-3-2-4-8-13/h2-11H,1H3,(H2,21,22,24,26). The van der Waals surface area contributed by atoms with E-state index in [0.717, 1.165) is 32.9 Å². The molecule has 0 unspecified atom stereocenters. The molecule has 0 spiro atoms. The zero-order chi connectivity index (χ0) is 18.4. The maximum absolute atomic E-state index is 12.7. The second-order valence-electron chi connectivity index (χ2n) is 6.22. The minimum Gasteiger partial charge on any atom is -0.324 e. The van der Waals surface area contributed by atoms with Crippen LogP contribution in [0, 0.1) is 6.92 Å². The van der Waals surface area contributed by atoms with Crippen molar-refractivity contribution in [2.24, 2.45) is 0 Å². The van der Waals surface area contributed by atoms with Crippen LogP contribution in [0.5, 0.6) is 0 Å². The summed E-state index contributed by atoms with van der Waals surface area (Å²) in [6, 6.07) is 17.7. The first-order valence-corrected chi connectivity index (χ1v) is 9.31. The quantitative estimate of drug-likeness (QED) is 0.489. The number of fused-ring (bicyclic) bond motifs is 2. The monoisotopic (exact) mass is 373 g/mol. The number of carbonyl (C=O) groups is 1. The Morgan fingerprint density at radius 1 is 1.07 bits per heavy atom. The van der Waals surface area contributed by atoms with Crippen molar-refractivity contribution >= 4 is 39.2 Å². The molecule has 0 aliphatic heterocycles. The molecule has 132 valence electrons. The summed E-state index contributed by atoms with van der Waals surface area (Å²) in [7, 11) is 0. The molecule has 0 aliphatic rings. The smallest absolute Gasteiger partial charge is 0.269 e. The molecular weight excluding hydrogens is 358 g/mol. The van der Waals surface area contributed by atoms with Crippen LogP contribution in [0.15, 0.2) is 60.8 Å². The van der Waals surface area contributed by atoms with Gasteiger partial charge in [-0.25, -0.2) is 9.97 Å². The van der Waals surface area contributed by atoms with E-state index >= 15 is 0 Å². The largest absolute Gasteiger partial charge is 0.324 e. The van der Waals surface area contributed by atoms with Crippen molar-refractivity contribution in [2.75, 3.05) is 5.32 Å². The van der Waals surface area contributed by atoms with Crippen molar-refractivity contribution in [3.63, 3.8) is 0 Å². The van der Waals surface area contributed by atoms with Crippen molar-refractivity contribution in [1.82, 2.24) is 19.4 Å². The number of imidazole rings is 2. The van der Waals surface area contributed by atoms with Gasteiger partial charge in [0.05, 0.1) is 16.7 Å². The lowest BCUT2D eigenvalue weighted by atomic mass is 10.2. The molecule has 7 heteroatoms. The van der Waals surface area contributed by atoms with Crippen LogP contribution in [-0.2, 0) is 0 Å². The number of para-hydroxylation sites is 2. The molecule has 0 saturated heterocycles. The van der Waals surface area contributed by atoms with Crippen molar-refractivity contribution in [3.8, 4) is 11.3 Å². The summed E-state index contributed by atoms with van der Waals surface area (Å²) in [5, 5.41) is 2.85. The number of aryl methyl sites for hydroxylation is 1. The van der Waals surface area contributed by atoms with Gasteiger partial charge in [0.1, 0.15) is 4.88 Å². The highest BCUT2D eigenvalue weighted by atomic mass is 32.1. The summed E-state index contributed by atoms with van der Waals surface area (Å²) < 4.78 is 1.96. The molecule has 3 aromatic heterocycles. The Bertz CT molecular complexity index is 1250. The van der Waals surface area contributed by atoms with E-state index in [1.54, 1.807) is 0 Å². The number of anilines is 1. The Hall–Kier alpha value is -3.45. The Morgan fingerprint density at radius 3 is 2.63 bits per heavy atom. The molecule has 5 aromatic rings. The highest BCUT2D eigenvalue weighted by molar-refractivity contribution is 7.19. The molecule has 0 bridgehead atoms. The number of nitrogens with one attached hydrogen (secondary N) is 2. The van der Waals surface area contributed by atoms with E-state index in [9.17, 15) is 4.79 Å². The molecule has 2 N–H and O–H groups in total. The number of aromatic amines is 1. The SMILES string of the molecule is Cc1c(C(=O)Nc2nc3ccccc3[nH]2)sc2nc(-c3ccccc3)cn12. The zero-order valence-corrected chi connectivity index (χ0v) is 15.2. The van der Waals surface area contributed by atoms with E-state index in [0.29, 0.717) is 10.8 Å². The lowest BCUT2D eigenvalue weighted by molar-refractivity contribution is 0.102. The van der Waals surface area contributed by atoms with Crippen LogP contribution < -0.4 is 5.32 Å². The van der Waals surface area contributed by atoms with Crippen LogP contribution in [-0.4, -0.2) is 25.3 Å². The molecule has 27 heavy (non-hydrogen) atoms. The summed E-state index contributed by atoms with van der Waals surface area (Å²) in [4.78, 5) is 26.3. The molecule has 0 saturated carbocycles. The van der Waals surface area contributed by atoms with Crippen molar-refractivity contribution < 1.29 is 4.79 Å². The number of thiazole rings is 1. The maximum Gasteiger partial charge on any atom is 0.269 e. The Labute approximate surface area is 158 Å². The van der Waals surface area contributed by atoms with E-state index in [1.807, 2.05) is 72.1 Å². The minimum absolute atomic E-state index is 0.191. The number of rotatable bonds is 3. The number of amides is 1. The molecule has 0 radical (unpaired) electrons. The number of aromatic nitrogens is 4. The van der Waals surface area contributed by atoms with E-state index in [1.165, 1.54) is 11.3 Å². The summed E-state index contributed by atoms with van der Waals surface area (Å²) >= 11 is 1.37. The van der Waals surface area contributed by atoms with Crippen molar-refractivity contribution in [3.05, 3.63) is 71.4 Å². The van der Waals surface area contributed by atoms with Gasteiger partial charge < -0.3 is 4.98 Å². The molecule has 2 aromatic carbocycles. The van der Waals surface area contributed by atoms with Crippen molar-refractivity contribution in [1.29, 1.82) is 0 Å². The van der Waals surface area contributed by atoms with Gasteiger partial charge in [0.25, 0.3) is 5.91 Å². The Morgan fingerprint density at radius 2 is 1.85 bits per heavy atom. The summed E-state index contributed by atoms with van der Waals surface area (Å²) in [5.74, 6) is 0.250. The molecule has 0 atom stereocenters. The third-order valence-electron chi connectivity index (χ3n) is 4.45. The first-order chi connectivity index (χ1) is 13.2. The van der Waals surface area contributed by atoms with Gasteiger partial charge in [0.15, 0.2) is 4.96 Å². The van der Waals surface area contributed by atoms with E-state index in [-0.39, 0.29) is 5.91 Å². The molecule has 1 amide bonds. The van der Waals surface area contributed by atoms with Gasteiger partial charge in [-0.05, 0) is 19.1 Å². The third kappa shape index (κ3) is 2.69. The first kappa shape index (κ1) is 15.8. The number of hydrogen-bond acceptors (Lipinski definition) is 4. The highest BCUT2D eigenvalue weighted by Crippen LogP contribution is 2.27. The Balaban J connectivity index is 1.46. The molecule has 6 nitrogen and oxygen atoms in total. The average Bonchev–Trinajstić information content (AvgIpc) is 3.36. The van der Waals surface area contributed by atoms with Gasteiger partial charge in [-0.2, -0.15) is 0 Å². The lowest BCUT2D eigenvalue weighted by Gasteiger charge is -2.00. The molecule has 3 heterocycles. The predicted molar refractivity (Wildman–Crippen MR) is 107 cm³/mol. The van der Waals surface area contributed by atoms with E-state index in [4.69, 9.17) is 0 Å². The summed E-state index contributed by atoms with van der Waals surface area (Å²) in [5.41, 5.74) is 4.52. The maximum atomic E-state index is 12.7. The lowest BCUT2D eigenvalue weighted by Crippen LogP contribution is -2.12. The van der Waals surface area contributed by atoms with Crippen LogP contribution in [0.25, 0.3) is 27.3 Å². The van der Waals surface area contributed by atoms with E-state index < -0.39 is 0 Å². The summed E-state index contributed by atoms with van der Waals surface area (Å²) in [6.07, 6.45) is 1.97. The number of carbonyl (C=O) groups excluding carboxylic acids is 1. The summed E-state index contributed by atoms with van der Waals surface area (Å²) in [6.45, 7) is 1.92. The molecule has 0 fully saturated rings.